The van der Waals surface area contributed by atoms with Gasteiger partial charge in [0.25, 0.3) is 0 Å². The van der Waals surface area contributed by atoms with Gasteiger partial charge in [0.2, 0.25) is 0 Å². The van der Waals surface area contributed by atoms with Crippen LogP contribution in [0.25, 0.3) is 0 Å². The summed E-state index contributed by atoms with van der Waals surface area (Å²) in [7, 11) is 0. The van der Waals surface area contributed by atoms with Crippen LogP contribution >= 0.6 is 12.4 Å². The van der Waals surface area contributed by atoms with Gasteiger partial charge < -0.3 is 10.3 Å². The van der Waals surface area contributed by atoms with Gasteiger partial charge in [-0.25, -0.2) is 0 Å². The summed E-state index contributed by atoms with van der Waals surface area (Å²) in [5.41, 5.74) is 6.85. The minimum Gasteiger partial charge on any atom is -0.361 e. The lowest BCUT2D eigenvalue weighted by Gasteiger charge is -2.11. The Kier molecular flexibility index (Phi) is 5.81. The van der Waals surface area contributed by atoms with Crippen molar-refractivity contribution in [2.24, 2.45) is 11.7 Å². The van der Waals surface area contributed by atoms with Gasteiger partial charge in [0.1, 0.15) is 5.76 Å². The fourth-order valence-electron chi connectivity index (χ4n) is 1.46. The first-order valence-electron chi connectivity index (χ1n) is 4.75. The number of rotatable bonds is 4. The number of aryl methyl sites for hydroxylation is 1. The standard InChI is InChI=1S/C10H18N2O.ClH/c1-7(2)4-9(11)6-10-5-8(3)12-13-10;/h5,7,9H,4,6,11H2,1-3H3;1H. The molecule has 0 saturated carbocycles. The van der Waals surface area contributed by atoms with Crippen LogP contribution in [0.5, 0.6) is 0 Å². The maximum Gasteiger partial charge on any atom is 0.138 e. The largest absolute Gasteiger partial charge is 0.361 e. The maximum absolute atomic E-state index is 5.93. The van der Waals surface area contributed by atoms with Crippen molar-refractivity contribution in [2.75, 3.05) is 0 Å². The molecular formula is C10H19ClN2O. The summed E-state index contributed by atoms with van der Waals surface area (Å²) < 4.78 is 5.09. The fourth-order valence-corrected chi connectivity index (χ4v) is 1.46. The number of aromatic nitrogens is 1. The van der Waals surface area contributed by atoms with E-state index in [1.165, 1.54) is 0 Å². The Labute approximate surface area is 91.4 Å². The Morgan fingerprint density at radius 1 is 1.50 bits per heavy atom. The Morgan fingerprint density at radius 2 is 2.14 bits per heavy atom. The molecule has 0 spiro atoms. The monoisotopic (exact) mass is 218 g/mol. The van der Waals surface area contributed by atoms with Crippen molar-refractivity contribution in [1.82, 2.24) is 5.16 Å². The second-order valence-electron chi connectivity index (χ2n) is 4.03. The molecule has 14 heavy (non-hydrogen) atoms. The third kappa shape index (κ3) is 4.63. The molecular weight excluding hydrogens is 200 g/mol. The molecule has 1 atom stereocenters. The van der Waals surface area contributed by atoms with Gasteiger partial charge in [0, 0.05) is 18.5 Å². The lowest BCUT2D eigenvalue weighted by molar-refractivity contribution is 0.361. The topological polar surface area (TPSA) is 52.0 Å². The van der Waals surface area contributed by atoms with Crippen LogP contribution in [-0.4, -0.2) is 11.2 Å². The van der Waals surface area contributed by atoms with E-state index in [2.05, 4.69) is 19.0 Å². The van der Waals surface area contributed by atoms with E-state index in [1.54, 1.807) is 0 Å². The van der Waals surface area contributed by atoms with Crippen LogP contribution in [0.2, 0.25) is 0 Å². The molecule has 1 heterocycles. The molecule has 0 fully saturated rings. The molecule has 0 saturated heterocycles. The number of halogens is 1. The van der Waals surface area contributed by atoms with Crippen molar-refractivity contribution >= 4 is 12.4 Å². The highest BCUT2D eigenvalue weighted by atomic mass is 35.5. The second-order valence-corrected chi connectivity index (χ2v) is 4.03. The average Bonchev–Trinajstić information content (AvgIpc) is 2.33. The number of hydrogen-bond donors (Lipinski definition) is 1. The van der Waals surface area contributed by atoms with Crippen molar-refractivity contribution in [3.63, 3.8) is 0 Å². The Hall–Kier alpha value is -0.540. The van der Waals surface area contributed by atoms with Crippen LogP contribution < -0.4 is 5.73 Å². The van der Waals surface area contributed by atoms with Crippen LogP contribution in [0.4, 0.5) is 0 Å². The molecule has 0 aromatic carbocycles. The molecule has 4 heteroatoms. The van der Waals surface area contributed by atoms with E-state index in [4.69, 9.17) is 10.3 Å². The first kappa shape index (κ1) is 13.5. The zero-order chi connectivity index (χ0) is 9.84. The zero-order valence-electron chi connectivity index (χ0n) is 8.99. The first-order chi connectivity index (χ1) is 6.08. The Bertz CT molecular complexity index is 260. The van der Waals surface area contributed by atoms with E-state index >= 15 is 0 Å². The number of nitrogens with zero attached hydrogens (tertiary/aromatic N) is 1. The normalized spacial score (nSPS) is 12.6. The van der Waals surface area contributed by atoms with E-state index < -0.39 is 0 Å². The molecule has 1 rings (SSSR count). The smallest absolute Gasteiger partial charge is 0.138 e. The number of hydrogen-bond acceptors (Lipinski definition) is 3. The van der Waals surface area contributed by atoms with Crippen molar-refractivity contribution in [3.05, 3.63) is 17.5 Å². The fraction of sp³-hybridized carbons (Fsp3) is 0.700. The third-order valence-corrected chi connectivity index (χ3v) is 1.91. The highest BCUT2D eigenvalue weighted by Crippen LogP contribution is 2.10. The lowest BCUT2D eigenvalue weighted by atomic mass is 10.0. The van der Waals surface area contributed by atoms with Crippen LogP contribution in [0.1, 0.15) is 31.7 Å². The predicted octanol–water partition coefficient (Wildman–Crippen LogP) is 2.32. The molecule has 3 nitrogen and oxygen atoms in total. The summed E-state index contributed by atoms with van der Waals surface area (Å²) in [6.45, 7) is 6.26. The van der Waals surface area contributed by atoms with Crippen LogP contribution in [0, 0.1) is 12.8 Å². The quantitative estimate of drug-likeness (QED) is 0.844. The molecule has 1 unspecified atom stereocenters. The lowest BCUT2D eigenvalue weighted by Crippen LogP contribution is -2.24. The summed E-state index contributed by atoms with van der Waals surface area (Å²) in [5, 5.41) is 3.82. The van der Waals surface area contributed by atoms with Crippen LogP contribution in [0.15, 0.2) is 10.6 Å². The van der Waals surface area contributed by atoms with Gasteiger partial charge >= 0.3 is 0 Å². The predicted molar refractivity (Wildman–Crippen MR) is 59.6 cm³/mol. The van der Waals surface area contributed by atoms with Crippen molar-refractivity contribution in [1.29, 1.82) is 0 Å². The SMILES string of the molecule is Cc1cc(CC(N)CC(C)C)on1.Cl. The Balaban J connectivity index is 0.00000169. The summed E-state index contributed by atoms with van der Waals surface area (Å²) in [6.07, 6.45) is 1.82. The van der Waals surface area contributed by atoms with Gasteiger partial charge in [-0.2, -0.15) is 0 Å². The second kappa shape index (κ2) is 6.04. The summed E-state index contributed by atoms with van der Waals surface area (Å²) in [4.78, 5) is 0. The molecule has 1 aromatic heterocycles. The van der Waals surface area contributed by atoms with Gasteiger partial charge in [-0.3, -0.25) is 0 Å². The molecule has 0 aliphatic rings. The zero-order valence-corrected chi connectivity index (χ0v) is 9.80. The van der Waals surface area contributed by atoms with Crippen molar-refractivity contribution in [2.45, 2.75) is 39.7 Å². The molecule has 0 aliphatic heterocycles. The van der Waals surface area contributed by atoms with E-state index in [0.29, 0.717) is 5.92 Å². The highest BCUT2D eigenvalue weighted by molar-refractivity contribution is 5.85. The minimum absolute atomic E-state index is 0. The summed E-state index contributed by atoms with van der Waals surface area (Å²) >= 11 is 0. The summed E-state index contributed by atoms with van der Waals surface area (Å²) in [5.74, 6) is 1.53. The van der Waals surface area contributed by atoms with Gasteiger partial charge in [0.15, 0.2) is 0 Å². The molecule has 0 bridgehead atoms. The molecule has 2 N–H and O–H groups in total. The molecule has 0 amide bonds. The minimum atomic E-state index is 0. The van der Waals surface area contributed by atoms with Gasteiger partial charge in [-0.1, -0.05) is 19.0 Å². The van der Waals surface area contributed by atoms with Gasteiger partial charge in [0.05, 0.1) is 5.69 Å². The van der Waals surface area contributed by atoms with Crippen LogP contribution in [-0.2, 0) is 6.42 Å². The average molecular weight is 219 g/mol. The Morgan fingerprint density at radius 3 is 2.57 bits per heavy atom. The summed E-state index contributed by atoms with van der Waals surface area (Å²) in [6, 6.07) is 2.13. The molecule has 0 radical (unpaired) electrons. The van der Waals surface area contributed by atoms with E-state index in [1.807, 2.05) is 13.0 Å². The molecule has 1 aromatic rings. The highest BCUT2D eigenvalue weighted by Gasteiger charge is 2.09. The van der Waals surface area contributed by atoms with Crippen LogP contribution in [0.3, 0.4) is 0 Å². The third-order valence-electron chi connectivity index (χ3n) is 1.91. The van der Waals surface area contributed by atoms with Gasteiger partial charge in [-0.15, -0.1) is 12.4 Å². The van der Waals surface area contributed by atoms with Crippen molar-refractivity contribution < 1.29 is 4.52 Å². The van der Waals surface area contributed by atoms with E-state index in [9.17, 15) is 0 Å². The van der Waals surface area contributed by atoms with Gasteiger partial charge in [-0.05, 0) is 19.3 Å². The molecule has 0 aliphatic carbocycles. The van der Waals surface area contributed by atoms with E-state index in [0.717, 1.165) is 24.3 Å². The van der Waals surface area contributed by atoms with E-state index in [-0.39, 0.29) is 18.4 Å². The first-order valence-corrected chi connectivity index (χ1v) is 4.75. The maximum atomic E-state index is 5.93. The molecule has 82 valence electrons. The van der Waals surface area contributed by atoms with Crippen molar-refractivity contribution in [3.8, 4) is 0 Å². The number of nitrogens with two attached hydrogens (primary N) is 1.